The van der Waals surface area contributed by atoms with Crippen molar-refractivity contribution in [1.29, 1.82) is 0 Å². The van der Waals surface area contributed by atoms with Gasteiger partial charge in [0.15, 0.2) is 0 Å². The van der Waals surface area contributed by atoms with E-state index in [2.05, 4.69) is 128 Å². The first kappa shape index (κ1) is 38.4. The fourth-order valence-corrected chi connectivity index (χ4v) is 10.6. The Bertz CT molecular complexity index is 2050. The van der Waals surface area contributed by atoms with Crippen LogP contribution in [0.1, 0.15) is 80.0 Å². The zero-order valence-corrected chi connectivity index (χ0v) is 31.4. The van der Waals surface area contributed by atoms with E-state index < -0.39 is 23.9 Å². The molecule has 0 aliphatic heterocycles. The lowest BCUT2D eigenvalue weighted by molar-refractivity contribution is -0.134. The van der Waals surface area contributed by atoms with Gasteiger partial charge in [-0.3, -0.25) is 0 Å². The van der Waals surface area contributed by atoms with E-state index >= 15 is 0 Å². The minimum atomic E-state index is -1.26. The molecule has 6 aliphatic carbocycles. The highest BCUT2D eigenvalue weighted by molar-refractivity contribution is 5.90. The molecule has 0 aromatic heterocycles. The van der Waals surface area contributed by atoms with Gasteiger partial charge in [0, 0.05) is 42.2 Å². The molecule has 10 heteroatoms. The lowest BCUT2D eigenvalue weighted by atomic mass is 9.69. The van der Waals surface area contributed by atoms with Gasteiger partial charge in [0.25, 0.3) is 0 Å². The molecule has 0 radical (unpaired) electrons. The molecule has 0 heterocycles. The zero-order valence-electron chi connectivity index (χ0n) is 31.4. The molecule has 10 rings (SSSR count). The third-order valence-electron chi connectivity index (χ3n) is 12.3. The quantitative estimate of drug-likeness (QED) is 0.132. The number of hydrogen-bond acceptors (Lipinski definition) is 6. The van der Waals surface area contributed by atoms with Gasteiger partial charge in [0.1, 0.15) is 0 Å². The minimum absolute atomic E-state index is 0.558. The molecule has 56 heavy (non-hydrogen) atoms. The van der Waals surface area contributed by atoms with Crippen molar-refractivity contribution >= 4 is 23.9 Å². The van der Waals surface area contributed by atoms with Gasteiger partial charge in [-0.25, -0.2) is 19.2 Å². The van der Waals surface area contributed by atoms with Crippen molar-refractivity contribution in [3.05, 3.63) is 166 Å². The third-order valence-corrected chi connectivity index (χ3v) is 12.3. The number of hydrogen-bond donors (Lipinski definition) is 5. The molecule has 6 aliphatic rings. The van der Waals surface area contributed by atoms with Crippen LogP contribution in [0.3, 0.4) is 0 Å². The molecule has 6 unspecified atom stereocenters. The number of carboxylic acids is 4. The van der Waals surface area contributed by atoms with Gasteiger partial charge in [-0.05, 0) is 114 Å². The first-order valence-corrected chi connectivity index (χ1v) is 18.9. The second-order valence-electron chi connectivity index (χ2n) is 15.4. The van der Waals surface area contributed by atoms with E-state index in [-0.39, 0.29) is 0 Å². The Hall–Kier alpha value is -5.84. The highest BCUT2D eigenvalue weighted by Gasteiger charge is 2.66. The Morgan fingerprint density at radius 2 is 0.786 bits per heavy atom. The number of fused-ring (bicyclic) bond motifs is 16. The van der Waals surface area contributed by atoms with Gasteiger partial charge in [-0.15, -0.1) is 0 Å². The first-order valence-electron chi connectivity index (χ1n) is 18.9. The number of likely N-dealkylation sites (N-methyl/N-ethyl adjacent to an activating group) is 1. The average molecular weight is 755 g/mol. The zero-order chi connectivity index (χ0) is 39.8. The summed E-state index contributed by atoms with van der Waals surface area (Å²) in [7, 11) is 6.61. The highest BCUT2D eigenvalue weighted by Crippen LogP contribution is 2.75. The first-order chi connectivity index (χ1) is 27.0. The molecule has 0 amide bonds. The van der Waals surface area contributed by atoms with Crippen LogP contribution in [0.2, 0.25) is 0 Å². The van der Waals surface area contributed by atoms with Crippen molar-refractivity contribution in [2.45, 2.75) is 41.5 Å². The van der Waals surface area contributed by atoms with Crippen LogP contribution < -0.4 is 5.32 Å². The van der Waals surface area contributed by atoms with Crippen molar-refractivity contribution in [3.8, 4) is 0 Å². The predicted octanol–water partition coefficient (Wildman–Crippen LogP) is 6.47. The van der Waals surface area contributed by atoms with Crippen LogP contribution in [-0.4, -0.2) is 82.9 Å². The Morgan fingerprint density at radius 1 is 0.500 bits per heavy atom. The van der Waals surface area contributed by atoms with E-state index in [1.807, 2.05) is 0 Å². The molecular formula is C46H46N2O8. The number of nitrogens with zero attached hydrogens (tertiary/aromatic N) is 1. The van der Waals surface area contributed by atoms with Crippen LogP contribution in [0, 0.1) is 17.8 Å². The summed E-state index contributed by atoms with van der Waals surface area (Å²) in [5.74, 6) is 1.72. The second kappa shape index (κ2) is 15.7. The van der Waals surface area contributed by atoms with Crippen molar-refractivity contribution < 1.29 is 39.6 Å². The fraction of sp³-hybridized carbons (Fsp3) is 0.304. The lowest BCUT2D eigenvalue weighted by Gasteiger charge is -2.40. The Kier molecular flexibility index (Phi) is 10.8. The van der Waals surface area contributed by atoms with E-state index in [9.17, 15) is 19.2 Å². The van der Waals surface area contributed by atoms with Crippen LogP contribution in [0.25, 0.3) is 0 Å². The largest absolute Gasteiger partial charge is 0.478 e. The maximum absolute atomic E-state index is 9.55. The molecule has 2 saturated carbocycles. The number of rotatable bonds is 7. The number of carbonyl (C=O) groups is 4. The third kappa shape index (κ3) is 7.06. The molecule has 4 bridgehead atoms. The van der Waals surface area contributed by atoms with E-state index in [0.29, 0.717) is 42.2 Å². The molecule has 2 fully saturated rings. The number of nitrogens with one attached hydrogen (secondary N) is 1. The molecule has 4 aromatic rings. The van der Waals surface area contributed by atoms with E-state index in [1.165, 1.54) is 0 Å². The molecule has 288 valence electrons. The number of benzene rings is 4. The Labute approximate surface area is 325 Å². The fourth-order valence-electron chi connectivity index (χ4n) is 10.6. The van der Waals surface area contributed by atoms with Gasteiger partial charge < -0.3 is 30.6 Å². The van der Waals surface area contributed by atoms with Crippen LogP contribution in [0.15, 0.2) is 121 Å². The monoisotopic (exact) mass is 754 g/mol. The summed E-state index contributed by atoms with van der Waals surface area (Å²) in [6, 6.07) is 37.4. The van der Waals surface area contributed by atoms with Gasteiger partial charge in [-0.1, -0.05) is 97.1 Å². The molecule has 0 spiro atoms. The van der Waals surface area contributed by atoms with Gasteiger partial charge >= 0.3 is 23.9 Å². The maximum Gasteiger partial charge on any atom is 0.328 e. The standard InChI is InChI=1S/2C19H19N.2C4H4O4/c1-20(2)19-15-11-7-3-5-9-13(11)16-17(18(16)19)14-10-6-4-8-12(14)15;1-20-10-15-16-11-6-2-4-8-13(11)17-18(19(15)17)14-9-5-3-7-12(14)16;2*5-3(6)1-2-4(7)8/h3-10,15-19H,1-2H3;2-9,15-20H,10H2,1H3;2*1-2H,(H,5,6)(H,7,8)/b;;2-1+;2-1-. The molecular weight excluding hydrogens is 709 g/mol. The normalized spacial score (nSPS) is 27.9. The van der Waals surface area contributed by atoms with Crippen LogP contribution in [0.5, 0.6) is 0 Å². The molecule has 5 N–H and O–H groups in total. The van der Waals surface area contributed by atoms with Gasteiger partial charge in [0.2, 0.25) is 0 Å². The van der Waals surface area contributed by atoms with Gasteiger partial charge in [0.05, 0.1) is 0 Å². The topological polar surface area (TPSA) is 164 Å². The number of carboxylic acid groups (broad SMARTS) is 4. The molecule has 10 nitrogen and oxygen atoms in total. The maximum atomic E-state index is 9.55. The summed E-state index contributed by atoms with van der Waals surface area (Å²) >= 11 is 0. The van der Waals surface area contributed by atoms with E-state index in [1.54, 1.807) is 44.5 Å². The number of aliphatic carboxylic acids is 4. The van der Waals surface area contributed by atoms with E-state index in [4.69, 9.17) is 20.4 Å². The van der Waals surface area contributed by atoms with Crippen LogP contribution in [0.4, 0.5) is 0 Å². The molecule has 0 saturated heterocycles. The summed E-state index contributed by atoms with van der Waals surface area (Å²) in [5.41, 5.74) is 12.9. The summed E-state index contributed by atoms with van der Waals surface area (Å²) < 4.78 is 0. The summed E-state index contributed by atoms with van der Waals surface area (Å²) in [5, 5.41) is 34.7. The SMILES string of the molecule is CN(C)C1C2c3ccccc3C3C(c4ccccc42)C31.CNCC1C2c3ccccc3C3C(c4ccccc42)C13.O=C(O)/C=C/C(=O)O.O=C(O)/C=C\C(=O)O. The van der Waals surface area contributed by atoms with Crippen molar-refractivity contribution in [2.75, 3.05) is 27.7 Å². The lowest BCUT2D eigenvalue weighted by Crippen LogP contribution is -2.41. The van der Waals surface area contributed by atoms with Gasteiger partial charge in [-0.2, -0.15) is 0 Å². The van der Waals surface area contributed by atoms with Crippen molar-refractivity contribution in [3.63, 3.8) is 0 Å². The molecule has 6 atom stereocenters. The Morgan fingerprint density at radius 3 is 1.07 bits per heavy atom. The second-order valence-corrected chi connectivity index (χ2v) is 15.4. The minimum Gasteiger partial charge on any atom is -0.478 e. The van der Waals surface area contributed by atoms with Crippen molar-refractivity contribution in [1.82, 2.24) is 10.2 Å². The summed E-state index contributed by atoms with van der Waals surface area (Å²) in [6.07, 6.45) is 2.23. The van der Waals surface area contributed by atoms with Crippen LogP contribution in [-0.2, 0) is 19.2 Å². The van der Waals surface area contributed by atoms with E-state index in [0.717, 1.165) is 48.0 Å². The Balaban J connectivity index is 0.000000126. The van der Waals surface area contributed by atoms with Crippen molar-refractivity contribution in [2.24, 2.45) is 17.8 Å². The highest BCUT2D eigenvalue weighted by atomic mass is 16.4. The van der Waals surface area contributed by atoms with Crippen LogP contribution >= 0.6 is 0 Å². The predicted molar refractivity (Wildman–Crippen MR) is 211 cm³/mol. The summed E-state index contributed by atoms with van der Waals surface area (Å²) in [4.78, 5) is 40.7. The smallest absolute Gasteiger partial charge is 0.328 e. The molecule has 4 aromatic carbocycles. The average Bonchev–Trinajstić information content (AvgIpc) is 4.11. The summed E-state index contributed by atoms with van der Waals surface area (Å²) in [6.45, 7) is 1.14.